The summed E-state index contributed by atoms with van der Waals surface area (Å²) in [5.41, 5.74) is 15.7. The van der Waals surface area contributed by atoms with Crippen molar-refractivity contribution >= 4 is 24.3 Å². The fourth-order valence-corrected chi connectivity index (χ4v) is 6.78. The Kier molecular flexibility index (Phi) is 7.00. The van der Waals surface area contributed by atoms with Gasteiger partial charge in [0.2, 0.25) is 6.79 Å². The second-order valence-corrected chi connectivity index (χ2v) is 11.9. The van der Waals surface area contributed by atoms with E-state index in [-0.39, 0.29) is 6.79 Å². The Morgan fingerprint density at radius 2 is 0.927 bits per heavy atom. The molecule has 2 heteroatoms. The van der Waals surface area contributed by atoms with Gasteiger partial charge in [0.25, 0.3) is 0 Å². The highest BCUT2D eigenvalue weighted by Gasteiger charge is 2.31. The molecule has 0 unspecified atom stereocenters. The van der Waals surface area contributed by atoms with Gasteiger partial charge in [0.05, 0.1) is 0 Å². The summed E-state index contributed by atoms with van der Waals surface area (Å²) in [5.74, 6) is 1.97. The fourth-order valence-electron chi connectivity index (χ4n) is 6.78. The second-order valence-electron chi connectivity index (χ2n) is 11.9. The van der Waals surface area contributed by atoms with Crippen LogP contribution in [-0.4, -0.2) is 6.79 Å². The quantitative estimate of drug-likeness (QED) is 0.241. The van der Waals surface area contributed by atoms with Gasteiger partial charge in [0.1, 0.15) is 11.5 Å². The smallest absolute Gasteiger partial charge is 0.231 e. The molecule has 4 aromatic rings. The molecule has 0 amide bonds. The first-order chi connectivity index (χ1) is 20.1. The highest BCUT2D eigenvalue weighted by Crippen LogP contribution is 2.51. The Labute approximate surface area is 244 Å². The highest BCUT2D eigenvalue weighted by molar-refractivity contribution is 5.91. The van der Waals surface area contributed by atoms with Crippen LogP contribution >= 0.6 is 0 Å². The maximum atomic E-state index is 6.56. The van der Waals surface area contributed by atoms with Gasteiger partial charge < -0.3 is 9.47 Å². The summed E-state index contributed by atoms with van der Waals surface area (Å²) in [6, 6.07) is 22.2. The zero-order valence-corrected chi connectivity index (χ0v) is 24.3. The second kappa shape index (κ2) is 11.1. The molecule has 2 nitrogen and oxygen atoms in total. The molecule has 0 saturated heterocycles. The molecule has 206 valence electrons. The van der Waals surface area contributed by atoms with E-state index in [2.05, 4.69) is 98.8 Å². The van der Waals surface area contributed by atoms with Gasteiger partial charge in [0, 0.05) is 22.3 Å². The topological polar surface area (TPSA) is 18.5 Å². The van der Waals surface area contributed by atoms with Crippen molar-refractivity contribution < 1.29 is 9.47 Å². The zero-order valence-electron chi connectivity index (χ0n) is 24.3. The Bertz CT molecular complexity index is 1530. The summed E-state index contributed by atoms with van der Waals surface area (Å²) in [7, 11) is 0. The Hall–Kier alpha value is -4.04. The molecule has 0 aromatic heterocycles. The standard InChI is InChI=1S/C39H38O2/c1-26-11-15-28(16-12-26)19-21-32-23-30-7-3-5-9-34(30)36-37-35-10-6-4-8-31(35)24-33(39(37)41-25-40-38(32)36)22-20-29-17-13-27(2)14-18-29/h11-24H,3-10,25H2,1-2H3/b21-19-,22-20-. The molecule has 0 spiro atoms. The Morgan fingerprint density at radius 1 is 0.512 bits per heavy atom. The lowest BCUT2D eigenvalue weighted by molar-refractivity contribution is 0.124. The number of aryl methyl sites for hydroxylation is 4. The fraction of sp³-hybridized carbons (Fsp3) is 0.282. The van der Waals surface area contributed by atoms with E-state index in [0.29, 0.717) is 0 Å². The van der Waals surface area contributed by atoms with Crippen molar-refractivity contribution in [3.05, 3.63) is 116 Å². The Balaban J connectivity index is 1.43. The molecule has 3 aliphatic rings. The van der Waals surface area contributed by atoms with Crippen LogP contribution < -0.4 is 9.47 Å². The largest absolute Gasteiger partial charge is 0.456 e. The van der Waals surface area contributed by atoms with Gasteiger partial charge in [-0.3, -0.25) is 0 Å². The molecule has 1 heterocycles. The van der Waals surface area contributed by atoms with Crippen molar-refractivity contribution in [1.82, 2.24) is 0 Å². The molecule has 41 heavy (non-hydrogen) atoms. The van der Waals surface area contributed by atoms with Crippen molar-refractivity contribution in [2.75, 3.05) is 6.79 Å². The molecule has 0 bridgehead atoms. The van der Waals surface area contributed by atoms with Gasteiger partial charge in [-0.15, -0.1) is 0 Å². The third-order valence-corrected chi connectivity index (χ3v) is 8.98. The molecule has 4 aromatic carbocycles. The van der Waals surface area contributed by atoms with E-state index in [1.54, 1.807) is 0 Å². The lowest BCUT2D eigenvalue weighted by Crippen LogP contribution is -2.10. The van der Waals surface area contributed by atoms with Crippen molar-refractivity contribution in [3.63, 3.8) is 0 Å². The predicted octanol–water partition coefficient (Wildman–Crippen LogP) is 9.80. The molecular formula is C39H38O2. The van der Waals surface area contributed by atoms with E-state index in [4.69, 9.17) is 9.47 Å². The van der Waals surface area contributed by atoms with Crippen LogP contribution in [0.5, 0.6) is 11.5 Å². The maximum absolute atomic E-state index is 6.56. The normalized spacial score (nSPS) is 15.9. The number of ether oxygens (including phenoxy) is 2. The summed E-state index contributed by atoms with van der Waals surface area (Å²) >= 11 is 0. The number of hydrogen-bond acceptors (Lipinski definition) is 2. The van der Waals surface area contributed by atoms with Gasteiger partial charge in [-0.1, -0.05) is 84.0 Å². The average Bonchev–Trinajstić information content (AvgIpc) is 3.21. The van der Waals surface area contributed by atoms with Crippen LogP contribution in [0, 0.1) is 13.8 Å². The van der Waals surface area contributed by atoms with Crippen LogP contribution in [0.2, 0.25) is 0 Å². The van der Waals surface area contributed by atoms with Crippen LogP contribution in [0.4, 0.5) is 0 Å². The number of benzene rings is 4. The van der Waals surface area contributed by atoms with E-state index in [9.17, 15) is 0 Å². The summed E-state index contributed by atoms with van der Waals surface area (Å²) in [6.07, 6.45) is 18.3. The molecule has 0 atom stereocenters. The average molecular weight is 539 g/mol. The molecule has 0 fully saturated rings. The van der Waals surface area contributed by atoms with E-state index in [0.717, 1.165) is 48.3 Å². The molecule has 7 rings (SSSR count). The minimum Gasteiger partial charge on any atom is -0.456 e. The number of rotatable bonds is 4. The highest BCUT2D eigenvalue weighted by atomic mass is 16.7. The predicted molar refractivity (Wildman–Crippen MR) is 171 cm³/mol. The van der Waals surface area contributed by atoms with Crippen LogP contribution in [0.3, 0.4) is 0 Å². The van der Waals surface area contributed by atoms with E-state index in [1.165, 1.54) is 81.3 Å². The first-order valence-corrected chi connectivity index (χ1v) is 15.3. The third-order valence-electron chi connectivity index (χ3n) is 8.98. The van der Waals surface area contributed by atoms with Crippen LogP contribution in [0.1, 0.15) is 81.3 Å². The maximum Gasteiger partial charge on any atom is 0.231 e. The number of fused-ring (bicyclic) bond motifs is 7. The van der Waals surface area contributed by atoms with Crippen LogP contribution in [0.25, 0.3) is 35.4 Å². The molecule has 0 saturated carbocycles. The molecule has 2 aliphatic carbocycles. The van der Waals surface area contributed by atoms with Gasteiger partial charge in [0.15, 0.2) is 0 Å². The minimum absolute atomic E-state index is 0.217. The number of hydrogen-bond donors (Lipinski definition) is 0. The molecule has 0 N–H and O–H groups in total. The summed E-state index contributed by atoms with van der Waals surface area (Å²) in [6.45, 7) is 4.48. The van der Waals surface area contributed by atoms with Crippen molar-refractivity contribution in [3.8, 4) is 22.6 Å². The monoisotopic (exact) mass is 538 g/mol. The van der Waals surface area contributed by atoms with E-state index >= 15 is 0 Å². The summed E-state index contributed by atoms with van der Waals surface area (Å²) in [5, 5.41) is 0. The third kappa shape index (κ3) is 5.12. The van der Waals surface area contributed by atoms with Crippen molar-refractivity contribution in [2.24, 2.45) is 0 Å². The van der Waals surface area contributed by atoms with Gasteiger partial charge in [-0.05, 0) is 111 Å². The molecule has 0 radical (unpaired) electrons. The zero-order chi connectivity index (χ0) is 27.8. The van der Waals surface area contributed by atoms with Gasteiger partial charge >= 0.3 is 0 Å². The van der Waals surface area contributed by atoms with Gasteiger partial charge in [-0.25, -0.2) is 0 Å². The lowest BCUT2D eigenvalue weighted by atomic mass is 9.78. The minimum atomic E-state index is 0.217. The van der Waals surface area contributed by atoms with Gasteiger partial charge in [-0.2, -0.15) is 0 Å². The summed E-state index contributed by atoms with van der Waals surface area (Å²) in [4.78, 5) is 0. The Morgan fingerprint density at radius 3 is 1.37 bits per heavy atom. The van der Waals surface area contributed by atoms with Crippen LogP contribution in [-0.2, 0) is 25.7 Å². The SMILES string of the molecule is Cc1ccc(/C=C\c2cc3c(c4c2OCOc2c(/C=C\c5ccc(C)cc5)cc5c(c2-4)CCCC5)CCCC3)cc1. The molecular weight excluding hydrogens is 500 g/mol. The van der Waals surface area contributed by atoms with Crippen molar-refractivity contribution in [1.29, 1.82) is 0 Å². The van der Waals surface area contributed by atoms with E-state index in [1.807, 2.05) is 0 Å². The first-order valence-electron chi connectivity index (χ1n) is 15.3. The van der Waals surface area contributed by atoms with Crippen LogP contribution in [0.15, 0.2) is 60.7 Å². The molecule has 1 aliphatic heterocycles. The summed E-state index contributed by atoms with van der Waals surface area (Å²) < 4.78 is 13.1. The first kappa shape index (κ1) is 25.9. The van der Waals surface area contributed by atoms with Crippen molar-refractivity contribution in [2.45, 2.75) is 65.2 Å². The van der Waals surface area contributed by atoms with E-state index < -0.39 is 0 Å². The lowest BCUT2D eigenvalue weighted by Gasteiger charge is -2.27.